The van der Waals surface area contributed by atoms with Gasteiger partial charge >= 0.3 is 0 Å². The van der Waals surface area contributed by atoms with E-state index in [4.69, 9.17) is 9.84 Å². The van der Waals surface area contributed by atoms with Gasteiger partial charge in [0.2, 0.25) is 5.91 Å². The molecule has 0 saturated carbocycles. The molecule has 6 heteroatoms. The normalized spacial score (nSPS) is 18.8. The number of carbonyl (C=O) groups is 1. The second-order valence-corrected chi connectivity index (χ2v) is 9.33. The number of fused-ring (bicyclic) bond motifs is 1. The standard InChI is InChI=1S/C27H32N4O2/c1-18-5-4-6-23(15-18)33-27-24(21-16-29-30(17-21)22-11-13-28-14-12-22)9-10-26-25(27)8-7-19(2)31(26)20(3)32/h4-6,9-10,15-17,19,22,28H,7-8,11-14H2,1-3H3/t19-/m0/s1. The second kappa shape index (κ2) is 9.02. The summed E-state index contributed by atoms with van der Waals surface area (Å²) in [5.74, 6) is 1.71. The average Bonchev–Trinajstić information content (AvgIpc) is 3.29. The van der Waals surface area contributed by atoms with E-state index in [-0.39, 0.29) is 11.9 Å². The van der Waals surface area contributed by atoms with Gasteiger partial charge in [0.05, 0.1) is 17.9 Å². The lowest BCUT2D eigenvalue weighted by molar-refractivity contribution is -0.117. The van der Waals surface area contributed by atoms with Crippen molar-refractivity contribution in [2.24, 2.45) is 0 Å². The van der Waals surface area contributed by atoms with Crippen molar-refractivity contribution in [3.8, 4) is 22.6 Å². The van der Waals surface area contributed by atoms with Crippen LogP contribution in [0.25, 0.3) is 11.1 Å². The van der Waals surface area contributed by atoms with E-state index >= 15 is 0 Å². The summed E-state index contributed by atoms with van der Waals surface area (Å²) in [6, 6.07) is 12.9. The molecule has 172 valence electrons. The molecule has 1 N–H and O–H groups in total. The monoisotopic (exact) mass is 444 g/mol. The van der Waals surface area contributed by atoms with E-state index in [0.29, 0.717) is 6.04 Å². The van der Waals surface area contributed by atoms with Gasteiger partial charge < -0.3 is 15.0 Å². The molecule has 1 aromatic heterocycles. The number of anilines is 1. The molecule has 1 amide bonds. The lowest BCUT2D eigenvalue weighted by atomic mass is 9.92. The van der Waals surface area contributed by atoms with Gasteiger partial charge in [-0.2, -0.15) is 5.10 Å². The number of aromatic nitrogens is 2. The molecule has 1 fully saturated rings. The van der Waals surface area contributed by atoms with Gasteiger partial charge in [-0.15, -0.1) is 0 Å². The minimum Gasteiger partial charge on any atom is -0.456 e. The number of benzene rings is 2. The van der Waals surface area contributed by atoms with E-state index in [1.54, 1.807) is 6.92 Å². The molecule has 5 rings (SSSR count). The van der Waals surface area contributed by atoms with Gasteiger partial charge in [0.1, 0.15) is 11.5 Å². The highest BCUT2D eigenvalue weighted by atomic mass is 16.5. The van der Waals surface area contributed by atoms with Crippen LogP contribution in [0.15, 0.2) is 48.8 Å². The third kappa shape index (κ3) is 4.27. The van der Waals surface area contributed by atoms with Crippen molar-refractivity contribution in [3.05, 3.63) is 59.9 Å². The highest BCUT2D eigenvalue weighted by Crippen LogP contribution is 2.45. The van der Waals surface area contributed by atoms with Crippen LogP contribution in [0.1, 0.15) is 50.3 Å². The second-order valence-electron chi connectivity index (χ2n) is 9.33. The van der Waals surface area contributed by atoms with Gasteiger partial charge in [0.25, 0.3) is 0 Å². The number of ether oxygens (including phenoxy) is 1. The first-order valence-corrected chi connectivity index (χ1v) is 12.0. The van der Waals surface area contributed by atoms with Gasteiger partial charge in [-0.3, -0.25) is 9.48 Å². The fourth-order valence-corrected chi connectivity index (χ4v) is 5.17. The van der Waals surface area contributed by atoms with E-state index in [1.807, 2.05) is 23.2 Å². The summed E-state index contributed by atoms with van der Waals surface area (Å²) in [7, 11) is 0. The highest BCUT2D eigenvalue weighted by molar-refractivity contribution is 5.95. The number of nitrogens with zero attached hydrogens (tertiary/aromatic N) is 3. The lowest BCUT2D eigenvalue weighted by Crippen LogP contribution is -2.40. The summed E-state index contributed by atoms with van der Waals surface area (Å²) < 4.78 is 8.68. The molecule has 3 aromatic rings. The number of amides is 1. The number of rotatable bonds is 4. The fourth-order valence-electron chi connectivity index (χ4n) is 5.17. The minimum atomic E-state index is 0.0661. The summed E-state index contributed by atoms with van der Waals surface area (Å²) >= 11 is 0. The Morgan fingerprint density at radius 3 is 2.73 bits per heavy atom. The van der Waals surface area contributed by atoms with Crippen LogP contribution < -0.4 is 15.0 Å². The predicted molar refractivity (Wildman–Crippen MR) is 131 cm³/mol. The number of carbonyl (C=O) groups excluding carboxylic acids is 1. The molecule has 1 atom stereocenters. The number of hydrogen-bond acceptors (Lipinski definition) is 4. The van der Waals surface area contributed by atoms with Crippen LogP contribution in [-0.4, -0.2) is 34.8 Å². The van der Waals surface area contributed by atoms with Crippen LogP contribution in [0.2, 0.25) is 0 Å². The van der Waals surface area contributed by atoms with Crippen LogP contribution in [0.5, 0.6) is 11.5 Å². The Morgan fingerprint density at radius 2 is 1.97 bits per heavy atom. The van der Waals surface area contributed by atoms with Gasteiger partial charge in [-0.1, -0.05) is 12.1 Å². The Morgan fingerprint density at radius 1 is 1.15 bits per heavy atom. The van der Waals surface area contributed by atoms with Crippen molar-refractivity contribution in [2.75, 3.05) is 18.0 Å². The van der Waals surface area contributed by atoms with Gasteiger partial charge in [-0.05, 0) is 82.4 Å². The number of piperidine rings is 1. The summed E-state index contributed by atoms with van der Waals surface area (Å²) in [5, 5.41) is 8.14. The number of nitrogens with one attached hydrogen (secondary N) is 1. The van der Waals surface area contributed by atoms with E-state index in [0.717, 1.165) is 78.2 Å². The van der Waals surface area contributed by atoms with Gasteiger partial charge in [-0.25, -0.2) is 0 Å². The molecule has 2 aliphatic rings. The molecule has 2 aromatic carbocycles. The third-order valence-corrected chi connectivity index (χ3v) is 6.89. The Kier molecular flexibility index (Phi) is 5.94. The summed E-state index contributed by atoms with van der Waals surface area (Å²) in [6.45, 7) is 7.88. The molecule has 1 saturated heterocycles. The number of aryl methyl sites for hydroxylation is 1. The van der Waals surface area contributed by atoms with E-state index < -0.39 is 0 Å². The maximum Gasteiger partial charge on any atom is 0.224 e. The van der Waals surface area contributed by atoms with Crippen LogP contribution in [0.4, 0.5) is 5.69 Å². The lowest BCUT2D eigenvalue weighted by Gasteiger charge is -2.36. The van der Waals surface area contributed by atoms with Crippen LogP contribution in [0, 0.1) is 6.92 Å². The topological polar surface area (TPSA) is 59.4 Å². The molecule has 6 nitrogen and oxygen atoms in total. The van der Waals surface area contributed by atoms with Crippen molar-refractivity contribution in [1.82, 2.24) is 15.1 Å². The molecule has 0 aliphatic carbocycles. The van der Waals surface area contributed by atoms with Gasteiger partial charge in [0.15, 0.2) is 0 Å². The molecule has 0 spiro atoms. The number of hydrogen-bond donors (Lipinski definition) is 1. The molecule has 33 heavy (non-hydrogen) atoms. The molecule has 2 aliphatic heterocycles. The van der Waals surface area contributed by atoms with Crippen LogP contribution in [-0.2, 0) is 11.2 Å². The first kappa shape index (κ1) is 21.7. The molecule has 0 bridgehead atoms. The molecule has 0 unspecified atom stereocenters. The minimum absolute atomic E-state index is 0.0661. The van der Waals surface area contributed by atoms with E-state index in [1.165, 1.54) is 0 Å². The van der Waals surface area contributed by atoms with Crippen LogP contribution in [0.3, 0.4) is 0 Å². The molecular weight excluding hydrogens is 412 g/mol. The fraction of sp³-hybridized carbons (Fsp3) is 0.407. The maximum atomic E-state index is 12.5. The summed E-state index contributed by atoms with van der Waals surface area (Å²) in [4.78, 5) is 14.4. The first-order valence-electron chi connectivity index (χ1n) is 12.0. The summed E-state index contributed by atoms with van der Waals surface area (Å²) in [6.07, 6.45) is 8.05. The largest absolute Gasteiger partial charge is 0.456 e. The van der Waals surface area contributed by atoms with Crippen molar-refractivity contribution >= 4 is 11.6 Å². The Hall–Kier alpha value is -3.12. The zero-order valence-electron chi connectivity index (χ0n) is 19.7. The Bertz CT molecular complexity index is 1160. The Labute approximate surface area is 195 Å². The molecule has 0 radical (unpaired) electrons. The van der Waals surface area contributed by atoms with Crippen LogP contribution >= 0.6 is 0 Å². The van der Waals surface area contributed by atoms with Crippen molar-refractivity contribution in [2.45, 2.75) is 58.5 Å². The van der Waals surface area contributed by atoms with Crippen molar-refractivity contribution < 1.29 is 9.53 Å². The van der Waals surface area contributed by atoms with E-state index in [9.17, 15) is 4.79 Å². The zero-order valence-corrected chi connectivity index (χ0v) is 19.7. The SMILES string of the molecule is CC(=O)N1c2ccc(-c3cnn(C4CCNCC4)c3)c(Oc3cccc(C)c3)c2CC[C@@H]1C. The van der Waals surface area contributed by atoms with E-state index in [2.05, 4.69) is 54.3 Å². The molecular formula is C27H32N4O2. The first-order chi connectivity index (χ1) is 16.0. The third-order valence-electron chi connectivity index (χ3n) is 6.89. The molecule has 3 heterocycles. The average molecular weight is 445 g/mol. The smallest absolute Gasteiger partial charge is 0.224 e. The Balaban J connectivity index is 1.60. The predicted octanol–water partition coefficient (Wildman–Crippen LogP) is 5.26. The maximum absolute atomic E-state index is 12.5. The van der Waals surface area contributed by atoms with Crippen molar-refractivity contribution in [3.63, 3.8) is 0 Å². The zero-order chi connectivity index (χ0) is 22.9. The van der Waals surface area contributed by atoms with Gasteiger partial charge in [0, 0.05) is 35.9 Å². The van der Waals surface area contributed by atoms with Crippen molar-refractivity contribution in [1.29, 1.82) is 0 Å². The quantitative estimate of drug-likeness (QED) is 0.596. The summed E-state index contributed by atoms with van der Waals surface area (Å²) in [5.41, 5.74) is 5.27. The highest BCUT2D eigenvalue weighted by Gasteiger charge is 2.30.